The SMILES string of the molecule is CCC1(C)CN(C2CCC(SC)C2)CCCN1. The fraction of sp³-hybridized carbons (Fsp3) is 1.00. The summed E-state index contributed by atoms with van der Waals surface area (Å²) in [7, 11) is 0. The van der Waals surface area contributed by atoms with Gasteiger partial charge < -0.3 is 5.32 Å². The van der Waals surface area contributed by atoms with E-state index in [2.05, 4.69) is 42.1 Å². The van der Waals surface area contributed by atoms with Crippen molar-refractivity contribution in [1.82, 2.24) is 10.2 Å². The molecule has 0 amide bonds. The molecule has 1 saturated heterocycles. The average molecular weight is 256 g/mol. The molecule has 0 radical (unpaired) electrons. The highest BCUT2D eigenvalue weighted by Crippen LogP contribution is 2.32. The van der Waals surface area contributed by atoms with Crippen molar-refractivity contribution in [3.63, 3.8) is 0 Å². The number of nitrogens with zero attached hydrogens (tertiary/aromatic N) is 1. The zero-order valence-electron chi connectivity index (χ0n) is 11.7. The lowest BCUT2D eigenvalue weighted by molar-refractivity contribution is 0.161. The van der Waals surface area contributed by atoms with Crippen LogP contribution in [-0.2, 0) is 0 Å². The summed E-state index contributed by atoms with van der Waals surface area (Å²) in [5, 5.41) is 4.66. The quantitative estimate of drug-likeness (QED) is 0.836. The monoisotopic (exact) mass is 256 g/mol. The molecule has 1 aliphatic carbocycles. The van der Waals surface area contributed by atoms with Crippen molar-refractivity contribution < 1.29 is 0 Å². The van der Waals surface area contributed by atoms with E-state index in [4.69, 9.17) is 0 Å². The van der Waals surface area contributed by atoms with Crippen LogP contribution in [0.2, 0.25) is 0 Å². The third kappa shape index (κ3) is 3.39. The Morgan fingerprint density at radius 2 is 2.24 bits per heavy atom. The number of hydrogen-bond donors (Lipinski definition) is 1. The number of hydrogen-bond acceptors (Lipinski definition) is 3. The molecule has 3 atom stereocenters. The zero-order valence-corrected chi connectivity index (χ0v) is 12.5. The molecule has 0 aromatic carbocycles. The summed E-state index contributed by atoms with van der Waals surface area (Å²) in [5.41, 5.74) is 0.341. The molecule has 100 valence electrons. The summed E-state index contributed by atoms with van der Waals surface area (Å²) in [5.74, 6) is 0. The second-order valence-electron chi connectivity index (χ2n) is 5.99. The van der Waals surface area contributed by atoms with E-state index in [0.717, 1.165) is 11.3 Å². The molecule has 3 unspecified atom stereocenters. The maximum absolute atomic E-state index is 3.74. The van der Waals surface area contributed by atoms with Crippen LogP contribution in [0.3, 0.4) is 0 Å². The Bertz CT molecular complexity index is 246. The van der Waals surface area contributed by atoms with Crippen LogP contribution in [0, 0.1) is 0 Å². The van der Waals surface area contributed by atoms with Crippen molar-refractivity contribution in [2.45, 2.75) is 62.8 Å². The third-order valence-electron chi connectivity index (χ3n) is 4.71. The molecule has 2 nitrogen and oxygen atoms in total. The van der Waals surface area contributed by atoms with Gasteiger partial charge in [0, 0.05) is 23.4 Å². The summed E-state index contributed by atoms with van der Waals surface area (Å²) >= 11 is 2.07. The summed E-state index contributed by atoms with van der Waals surface area (Å²) in [6, 6.07) is 0.859. The minimum absolute atomic E-state index is 0.341. The summed E-state index contributed by atoms with van der Waals surface area (Å²) < 4.78 is 0. The lowest BCUT2D eigenvalue weighted by atomic mass is 9.97. The maximum Gasteiger partial charge on any atom is 0.0277 e. The molecular formula is C14H28N2S. The van der Waals surface area contributed by atoms with Gasteiger partial charge >= 0.3 is 0 Å². The van der Waals surface area contributed by atoms with Crippen LogP contribution in [0.1, 0.15) is 46.0 Å². The number of thioether (sulfide) groups is 1. The van der Waals surface area contributed by atoms with Gasteiger partial charge in [0.05, 0.1) is 0 Å². The lowest BCUT2D eigenvalue weighted by Crippen LogP contribution is -2.50. The van der Waals surface area contributed by atoms with Gasteiger partial charge in [-0.3, -0.25) is 4.90 Å². The predicted octanol–water partition coefficient (Wildman–Crippen LogP) is 2.73. The van der Waals surface area contributed by atoms with Gasteiger partial charge in [-0.1, -0.05) is 6.92 Å². The smallest absolute Gasteiger partial charge is 0.0277 e. The van der Waals surface area contributed by atoms with Crippen molar-refractivity contribution in [2.75, 3.05) is 25.9 Å². The molecule has 2 rings (SSSR count). The molecule has 0 aromatic rings. The van der Waals surface area contributed by atoms with Gasteiger partial charge in [-0.05, 0) is 58.4 Å². The van der Waals surface area contributed by atoms with E-state index in [-0.39, 0.29) is 0 Å². The molecule has 0 bridgehead atoms. The van der Waals surface area contributed by atoms with Crippen LogP contribution in [0.15, 0.2) is 0 Å². The Hall–Kier alpha value is 0.270. The summed E-state index contributed by atoms with van der Waals surface area (Å²) in [6.45, 7) is 8.45. The zero-order chi connectivity index (χ0) is 12.3. The summed E-state index contributed by atoms with van der Waals surface area (Å²) in [4.78, 5) is 2.78. The molecule has 1 heterocycles. The molecule has 0 spiro atoms. The van der Waals surface area contributed by atoms with Crippen LogP contribution >= 0.6 is 11.8 Å². The van der Waals surface area contributed by atoms with Crippen LogP contribution in [0.4, 0.5) is 0 Å². The largest absolute Gasteiger partial charge is 0.310 e. The minimum Gasteiger partial charge on any atom is -0.310 e. The number of nitrogens with one attached hydrogen (secondary N) is 1. The predicted molar refractivity (Wildman–Crippen MR) is 77.8 cm³/mol. The third-order valence-corrected chi connectivity index (χ3v) is 5.81. The van der Waals surface area contributed by atoms with Crippen LogP contribution in [-0.4, -0.2) is 47.6 Å². The lowest BCUT2D eigenvalue weighted by Gasteiger charge is -2.36. The van der Waals surface area contributed by atoms with E-state index in [1.807, 2.05) is 0 Å². The minimum atomic E-state index is 0.341. The van der Waals surface area contributed by atoms with Crippen molar-refractivity contribution in [2.24, 2.45) is 0 Å². The van der Waals surface area contributed by atoms with Gasteiger partial charge in [0.1, 0.15) is 0 Å². The van der Waals surface area contributed by atoms with Crippen molar-refractivity contribution in [1.29, 1.82) is 0 Å². The van der Waals surface area contributed by atoms with E-state index in [1.54, 1.807) is 0 Å². The van der Waals surface area contributed by atoms with E-state index in [1.165, 1.54) is 51.7 Å². The maximum atomic E-state index is 3.74. The first kappa shape index (κ1) is 13.7. The molecule has 1 saturated carbocycles. The second-order valence-corrected chi connectivity index (χ2v) is 7.13. The van der Waals surface area contributed by atoms with E-state index >= 15 is 0 Å². The topological polar surface area (TPSA) is 15.3 Å². The molecule has 1 N–H and O–H groups in total. The van der Waals surface area contributed by atoms with E-state index < -0.39 is 0 Å². The molecular weight excluding hydrogens is 228 g/mol. The van der Waals surface area contributed by atoms with Crippen LogP contribution < -0.4 is 5.32 Å². The Kier molecular flexibility index (Phi) is 4.79. The van der Waals surface area contributed by atoms with Crippen molar-refractivity contribution >= 4 is 11.8 Å². The van der Waals surface area contributed by atoms with Crippen molar-refractivity contribution in [3.05, 3.63) is 0 Å². The summed E-state index contributed by atoms with van der Waals surface area (Å²) in [6.07, 6.45) is 9.09. The van der Waals surface area contributed by atoms with E-state index in [0.29, 0.717) is 5.54 Å². The molecule has 2 aliphatic rings. The number of rotatable bonds is 3. The first-order chi connectivity index (χ1) is 8.17. The van der Waals surface area contributed by atoms with Gasteiger partial charge in [-0.2, -0.15) is 11.8 Å². The fourth-order valence-corrected chi connectivity index (χ4v) is 4.05. The highest BCUT2D eigenvalue weighted by Gasteiger charge is 2.34. The average Bonchev–Trinajstić information content (AvgIpc) is 2.73. The molecule has 2 fully saturated rings. The van der Waals surface area contributed by atoms with Gasteiger partial charge in [-0.25, -0.2) is 0 Å². The van der Waals surface area contributed by atoms with Crippen molar-refractivity contribution in [3.8, 4) is 0 Å². The molecule has 1 aliphatic heterocycles. The van der Waals surface area contributed by atoms with Crippen LogP contribution in [0.5, 0.6) is 0 Å². The fourth-order valence-electron chi connectivity index (χ4n) is 3.27. The van der Waals surface area contributed by atoms with Gasteiger partial charge in [0.25, 0.3) is 0 Å². The van der Waals surface area contributed by atoms with Gasteiger partial charge in [0.15, 0.2) is 0 Å². The first-order valence-electron chi connectivity index (χ1n) is 7.19. The van der Waals surface area contributed by atoms with Crippen LogP contribution in [0.25, 0.3) is 0 Å². The normalized spacial score (nSPS) is 40.4. The first-order valence-corrected chi connectivity index (χ1v) is 8.47. The highest BCUT2D eigenvalue weighted by atomic mass is 32.2. The van der Waals surface area contributed by atoms with Gasteiger partial charge in [-0.15, -0.1) is 0 Å². The standard InChI is InChI=1S/C14H28N2S/c1-4-14(2)11-16(9-5-8-15-14)12-6-7-13(10-12)17-3/h12-13,15H,4-11H2,1-3H3. The Morgan fingerprint density at radius 3 is 2.88 bits per heavy atom. The molecule has 3 heteroatoms. The highest BCUT2D eigenvalue weighted by molar-refractivity contribution is 7.99. The second kappa shape index (κ2) is 5.94. The Balaban J connectivity index is 1.95. The van der Waals surface area contributed by atoms with E-state index in [9.17, 15) is 0 Å². The molecule has 0 aromatic heterocycles. The Labute approximate surface area is 111 Å². The van der Waals surface area contributed by atoms with Gasteiger partial charge in [0.2, 0.25) is 0 Å². The Morgan fingerprint density at radius 1 is 1.41 bits per heavy atom. The molecule has 17 heavy (non-hydrogen) atoms.